The van der Waals surface area contributed by atoms with Crippen LogP contribution in [0.3, 0.4) is 0 Å². The molecule has 148 valence electrons. The van der Waals surface area contributed by atoms with Gasteiger partial charge in [0, 0.05) is 7.05 Å². The van der Waals surface area contributed by atoms with Crippen LogP contribution in [0, 0.1) is 0 Å². The molecule has 0 aliphatic carbocycles. The van der Waals surface area contributed by atoms with E-state index in [9.17, 15) is 35.4 Å². The van der Waals surface area contributed by atoms with Crippen LogP contribution in [-0.2, 0) is 14.3 Å². The summed E-state index contributed by atoms with van der Waals surface area (Å²) in [6, 6.07) is 0. The van der Waals surface area contributed by atoms with E-state index in [-0.39, 0.29) is 0 Å². The summed E-state index contributed by atoms with van der Waals surface area (Å²) in [6.45, 7) is -1.67. The lowest BCUT2D eigenvalue weighted by atomic mass is 9.98. The normalized spacial score (nSPS) is 34.8. The van der Waals surface area contributed by atoms with Gasteiger partial charge in [0.1, 0.15) is 42.7 Å². The molecule has 12 nitrogen and oxygen atoms in total. The maximum absolute atomic E-state index is 11.4. The minimum Gasteiger partial charge on any atom is -0.394 e. The summed E-state index contributed by atoms with van der Waals surface area (Å²) < 4.78 is 10.2. The highest BCUT2D eigenvalue weighted by Crippen LogP contribution is 2.24. The van der Waals surface area contributed by atoms with Gasteiger partial charge in [-0.2, -0.15) is 0 Å². The number of amides is 1. The van der Waals surface area contributed by atoms with E-state index in [0.29, 0.717) is 0 Å². The SMILES string of the molecule is CNC(=O)[C@H](O)[C@@H](O)[C@H](O[C@H]1O[C@@H](CO)[C@@H](O)[C@@H](O)[C@@H]1O)[C@H](O)CO. The van der Waals surface area contributed by atoms with Crippen LogP contribution in [-0.4, -0.2) is 122 Å². The minimum atomic E-state index is -2.04. The van der Waals surface area contributed by atoms with Gasteiger partial charge in [0.25, 0.3) is 5.91 Å². The molecule has 1 heterocycles. The zero-order chi connectivity index (χ0) is 19.3. The van der Waals surface area contributed by atoms with Gasteiger partial charge in [-0.25, -0.2) is 0 Å². The number of nitrogens with one attached hydrogen (secondary N) is 1. The summed E-state index contributed by atoms with van der Waals surface area (Å²) in [5.74, 6) is -1.000. The van der Waals surface area contributed by atoms with Gasteiger partial charge < -0.3 is 55.6 Å². The third-order valence-corrected chi connectivity index (χ3v) is 3.88. The van der Waals surface area contributed by atoms with Crippen molar-refractivity contribution >= 4 is 5.91 Å². The van der Waals surface area contributed by atoms with Crippen LogP contribution in [0.15, 0.2) is 0 Å². The van der Waals surface area contributed by atoms with Crippen LogP contribution in [0.25, 0.3) is 0 Å². The van der Waals surface area contributed by atoms with E-state index in [1.165, 1.54) is 7.05 Å². The van der Waals surface area contributed by atoms with Crippen molar-refractivity contribution in [3.63, 3.8) is 0 Å². The Balaban J connectivity index is 2.95. The number of likely N-dealkylation sites (N-methyl/N-ethyl adjacent to an activating group) is 1. The first kappa shape index (κ1) is 22.1. The lowest BCUT2D eigenvalue weighted by Gasteiger charge is -2.42. The first-order valence-electron chi connectivity index (χ1n) is 7.52. The second-order valence-electron chi connectivity index (χ2n) is 5.60. The van der Waals surface area contributed by atoms with E-state index < -0.39 is 74.2 Å². The topological polar surface area (TPSA) is 209 Å². The highest BCUT2D eigenvalue weighted by Gasteiger charge is 2.47. The Labute approximate surface area is 142 Å². The number of carbonyl (C=O) groups is 1. The van der Waals surface area contributed by atoms with Crippen molar-refractivity contribution in [2.24, 2.45) is 0 Å². The van der Waals surface area contributed by atoms with E-state index >= 15 is 0 Å². The van der Waals surface area contributed by atoms with Gasteiger partial charge in [-0.15, -0.1) is 0 Å². The maximum Gasteiger partial charge on any atom is 0.251 e. The third-order valence-electron chi connectivity index (χ3n) is 3.88. The maximum atomic E-state index is 11.4. The fourth-order valence-electron chi connectivity index (χ4n) is 2.32. The molecule has 12 heteroatoms. The number of aliphatic hydroxyl groups excluding tert-OH is 8. The van der Waals surface area contributed by atoms with Gasteiger partial charge >= 0.3 is 0 Å². The highest BCUT2D eigenvalue weighted by molar-refractivity contribution is 5.80. The molecule has 9 atom stereocenters. The van der Waals surface area contributed by atoms with Crippen LogP contribution >= 0.6 is 0 Å². The molecule has 0 aromatic carbocycles. The summed E-state index contributed by atoms with van der Waals surface area (Å²) in [6.07, 6.45) is -16.0. The first-order valence-corrected chi connectivity index (χ1v) is 7.52. The zero-order valence-corrected chi connectivity index (χ0v) is 13.4. The van der Waals surface area contributed by atoms with Crippen molar-refractivity contribution in [3.8, 4) is 0 Å². The summed E-state index contributed by atoms with van der Waals surface area (Å²) >= 11 is 0. The summed E-state index contributed by atoms with van der Waals surface area (Å²) in [7, 11) is 1.19. The van der Waals surface area contributed by atoms with Crippen molar-refractivity contribution in [1.82, 2.24) is 5.32 Å². The fourth-order valence-corrected chi connectivity index (χ4v) is 2.32. The van der Waals surface area contributed by atoms with Crippen molar-refractivity contribution in [3.05, 3.63) is 0 Å². The number of aliphatic hydroxyl groups is 8. The largest absolute Gasteiger partial charge is 0.394 e. The molecule has 1 fully saturated rings. The molecule has 0 bridgehead atoms. The molecule has 0 aromatic rings. The molecule has 1 amide bonds. The Morgan fingerprint density at radius 3 is 2.20 bits per heavy atom. The quantitative estimate of drug-likeness (QED) is 0.196. The van der Waals surface area contributed by atoms with Gasteiger partial charge in [0.15, 0.2) is 12.4 Å². The van der Waals surface area contributed by atoms with E-state index in [1.54, 1.807) is 0 Å². The summed E-state index contributed by atoms with van der Waals surface area (Å²) in [5, 5.41) is 79.0. The smallest absolute Gasteiger partial charge is 0.251 e. The molecule has 1 saturated heterocycles. The average molecular weight is 371 g/mol. The molecule has 1 aliphatic heterocycles. The standard InChI is InChI=1S/C13H25NO11/c1-14-12(23)9(21)8(20)11(4(17)2-15)25-13-10(22)7(19)6(18)5(3-16)24-13/h4-11,13,15-22H,2-3H2,1H3,(H,14,23)/t4-,5+,6-,7-,8-,9-,10+,11-,13-/m1/s1. The van der Waals surface area contributed by atoms with Crippen LogP contribution in [0.4, 0.5) is 0 Å². The third kappa shape index (κ3) is 5.04. The molecule has 0 aromatic heterocycles. The molecular formula is C13H25NO11. The number of hydrogen-bond acceptors (Lipinski definition) is 11. The number of ether oxygens (including phenoxy) is 2. The Bertz CT molecular complexity index is 423. The molecule has 25 heavy (non-hydrogen) atoms. The molecular weight excluding hydrogens is 346 g/mol. The molecule has 1 rings (SSSR count). The fraction of sp³-hybridized carbons (Fsp3) is 0.923. The monoisotopic (exact) mass is 371 g/mol. The first-order chi connectivity index (χ1) is 11.7. The van der Waals surface area contributed by atoms with Crippen LogP contribution in [0.5, 0.6) is 0 Å². The van der Waals surface area contributed by atoms with Crippen molar-refractivity contribution < 1.29 is 55.1 Å². The predicted octanol–water partition coefficient (Wildman–Crippen LogP) is -6.01. The van der Waals surface area contributed by atoms with Crippen LogP contribution < -0.4 is 5.32 Å². The predicted molar refractivity (Wildman–Crippen MR) is 77.8 cm³/mol. The lowest BCUT2D eigenvalue weighted by molar-refractivity contribution is -0.326. The molecule has 0 saturated carbocycles. The van der Waals surface area contributed by atoms with E-state index in [4.69, 9.17) is 19.7 Å². The summed E-state index contributed by atoms with van der Waals surface area (Å²) in [5.41, 5.74) is 0. The van der Waals surface area contributed by atoms with Crippen molar-refractivity contribution in [2.45, 2.75) is 55.1 Å². The van der Waals surface area contributed by atoms with Gasteiger partial charge in [0.05, 0.1) is 13.2 Å². The lowest BCUT2D eigenvalue weighted by Crippen LogP contribution is -2.62. The second kappa shape index (κ2) is 9.68. The average Bonchev–Trinajstić information content (AvgIpc) is 2.63. The summed E-state index contributed by atoms with van der Waals surface area (Å²) in [4.78, 5) is 11.4. The highest BCUT2D eigenvalue weighted by atomic mass is 16.7. The van der Waals surface area contributed by atoms with Crippen LogP contribution in [0.1, 0.15) is 0 Å². The number of carbonyl (C=O) groups excluding carboxylic acids is 1. The molecule has 0 spiro atoms. The van der Waals surface area contributed by atoms with Crippen molar-refractivity contribution in [1.29, 1.82) is 0 Å². The van der Waals surface area contributed by atoms with E-state index in [0.717, 1.165) is 0 Å². The minimum absolute atomic E-state index is 0.735. The van der Waals surface area contributed by atoms with Gasteiger partial charge in [-0.1, -0.05) is 0 Å². The number of hydrogen-bond donors (Lipinski definition) is 9. The van der Waals surface area contributed by atoms with Gasteiger partial charge in [-0.05, 0) is 0 Å². The Hall–Kier alpha value is -0.930. The van der Waals surface area contributed by atoms with Gasteiger partial charge in [0.2, 0.25) is 0 Å². The second-order valence-corrected chi connectivity index (χ2v) is 5.60. The van der Waals surface area contributed by atoms with Crippen LogP contribution in [0.2, 0.25) is 0 Å². The Kier molecular flexibility index (Phi) is 8.56. The van der Waals surface area contributed by atoms with E-state index in [1.807, 2.05) is 0 Å². The molecule has 0 unspecified atom stereocenters. The Morgan fingerprint density at radius 2 is 1.72 bits per heavy atom. The molecule has 1 aliphatic rings. The Morgan fingerprint density at radius 1 is 1.12 bits per heavy atom. The van der Waals surface area contributed by atoms with Crippen molar-refractivity contribution in [2.75, 3.05) is 20.3 Å². The van der Waals surface area contributed by atoms with E-state index in [2.05, 4.69) is 5.32 Å². The zero-order valence-electron chi connectivity index (χ0n) is 13.4. The molecule has 9 N–H and O–H groups in total. The number of rotatable bonds is 8. The van der Waals surface area contributed by atoms with Gasteiger partial charge in [-0.3, -0.25) is 4.79 Å². The molecule has 0 radical (unpaired) electrons.